The number of rotatable bonds is 28. The van der Waals surface area contributed by atoms with E-state index in [0.29, 0.717) is 12.8 Å². The highest BCUT2D eigenvalue weighted by molar-refractivity contribution is 7.44. The molecule has 0 spiro atoms. The normalized spacial score (nSPS) is 13.4. The largest absolute Gasteiger partial charge is 0.756 e. The first-order valence-electron chi connectivity index (χ1n) is 15.3. The van der Waals surface area contributed by atoms with Crippen molar-refractivity contribution in [2.24, 2.45) is 0 Å². The number of phosphoric ester groups is 1. The molecule has 9 heteroatoms. The summed E-state index contributed by atoms with van der Waals surface area (Å²) in [5.41, 5.74) is 0. The zero-order valence-corrected chi connectivity index (χ0v) is 25.3. The molecule has 0 heterocycles. The van der Waals surface area contributed by atoms with E-state index in [4.69, 9.17) is 20.8 Å². The highest BCUT2D eigenvalue weighted by Gasteiger charge is 2.19. The van der Waals surface area contributed by atoms with Crippen molar-refractivity contribution in [2.45, 2.75) is 154 Å². The van der Waals surface area contributed by atoms with Gasteiger partial charge in [-0.25, -0.2) is 0 Å². The van der Waals surface area contributed by atoms with E-state index in [2.05, 4.69) is 17.4 Å². The fourth-order valence-electron chi connectivity index (χ4n) is 4.29. The number of unbranched alkanes of at least 4 members (excludes halogenated alkanes) is 18. The predicted octanol–water partition coefficient (Wildman–Crippen LogP) is 7.15. The second kappa shape index (κ2) is 26.8. The molecule has 0 radical (unpaired) electrons. The molecule has 2 atom stereocenters. The summed E-state index contributed by atoms with van der Waals surface area (Å²) in [6.07, 6.45) is 26.7. The lowest BCUT2D eigenvalue weighted by molar-refractivity contribution is -0.223. The highest BCUT2D eigenvalue weighted by Crippen LogP contribution is 2.30. The van der Waals surface area contributed by atoms with Crippen LogP contribution in [0.2, 0.25) is 0 Å². The van der Waals surface area contributed by atoms with Crippen LogP contribution in [0.15, 0.2) is 0 Å². The van der Waals surface area contributed by atoms with Gasteiger partial charge < -0.3 is 23.8 Å². The third-order valence-electron chi connectivity index (χ3n) is 6.59. The van der Waals surface area contributed by atoms with Crippen LogP contribution >= 0.6 is 7.82 Å². The first-order chi connectivity index (χ1) is 18.8. The highest BCUT2D eigenvalue weighted by atomic mass is 31.2. The molecule has 0 aromatic heterocycles. The Morgan fingerprint density at radius 1 is 0.744 bits per heavy atom. The molecule has 0 bridgehead atoms. The van der Waals surface area contributed by atoms with E-state index in [1.54, 1.807) is 0 Å². The van der Waals surface area contributed by atoms with Crippen molar-refractivity contribution < 1.29 is 37.9 Å². The van der Waals surface area contributed by atoms with Crippen molar-refractivity contribution in [1.29, 1.82) is 0 Å². The van der Waals surface area contributed by atoms with Crippen LogP contribution in [0.1, 0.15) is 148 Å². The smallest absolute Gasteiger partial charge is 0.306 e. The van der Waals surface area contributed by atoms with E-state index in [1.165, 1.54) is 64.2 Å². The van der Waals surface area contributed by atoms with Gasteiger partial charge in [0.1, 0.15) is 6.61 Å². The van der Waals surface area contributed by atoms with Crippen LogP contribution in [0.4, 0.5) is 0 Å². The number of terminal acetylenes is 1. The van der Waals surface area contributed by atoms with E-state index >= 15 is 0 Å². The third kappa shape index (κ3) is 29.4. The summed E-state index contributed by atoms with van der Waals surface area (Å²) in [5.74, 6) is 1.66. The van der Waals surface area contributed by atoms with Crippen LogP contribution in [0, 0.1) is 12.3 Å². The molecule has 1 unspecified atom stereocenters. The van der Waals surface area contributed by atoms with E-state index in [0.717, 1.165) is 51.4 Å². The Labute approximate surface area is 237 Å². The first kappa shape index (κ1) is 37.6. The van der Waals surface area contributed by atoms with Crippen LogP contribution in [0.3, 0.4) is 0 Å². The number of hydrogen-bond donors (Lipinski definition) is 1. The topological polar surface area (TPSA) is 122 Å². The monoisotopic (exact) mass is 573 g/mol. The molecule has 0 aliphatic carbocycles. The first-order valence-corrected chi connectivity index (χ1v) is 16.7. The third-order valence-corrected chi connectivity index (χ3v) is 7.06. The minimum atomic E-state index is -4.99. The lowest BCUT2D eigenvalue weighted by atomic mass is 10.0. The number of carbonyl (C=O) groups excluding carboxylic acids is 2. The summed E-state index contributed by atoms with van der Waals surface area (Å²) in [6.45, 7) is 1.31. The predicted molar refractivity (Wildman–Crippen MR) is 153 cm³/mol. The lowest BCUT2D eigenvalue weighted by Crippen LogP contribution is -2.30. The summed E-state index contributed by atoms with van der Waals surface area (Å²) >= 11 is 0. The molecule has 0 fully saturated rings. The van der Waals surface area contributed by atoms with Gasteiger partial charge in [0, 0.05) is 19.3 Å². The van der Waals surface area contributed by atoms with Crippen molar-refractivity contribution >= 4 is 19.8 Å². The molecular weight excluding hydrogens is 519 g/mol. The van der Waals surface area contributed by atoms with Gasteiger partial charge in [0.15, 0.2) is 6.10 Å². The zero-order chi connectivity index (χ0) is 29.0. The van der Waals surface area contributed by atoms with Gasteiger partial charge in [0.25, 0.3) is 7.82 Å². The number of hydrogen-bond acceptors (Lipinski definition) is 7. The molecule has 0 amide bonds. The van der Waals surface area contributed by atoms with E-state index in [9.17, 15) is 19.0 Å². The SMILES string of the molecule is C#CCCCCCCCCC(=O)O[C@H](COC(=O)CCCCCCCCCCCCCCC)COP(=O)([O-])O. The molecule has 0 aromatic carbocycles. The average molecular weight is 574 g/mol. The minimum absolute atomic E-state index is 0.169. The maximum Gasteiger partial charge on any atom is 0.306 e. The number of ether oxygens (including phenoxy) is 2. The maximum absolute atomic E-state index is 12.2. The Morgan fingerprint density at radius 2 is 1.18 bits per heavy atom. The Balaban J connectivity index is 3.99. The van der Waals surface area contributed by atoms with Crippen molar-refractivity contribution in [3.63, 3.8) is 0 Å². The summed E-state index contributed by atoms with van der Waals surface area (Å²) in [6, 6.07) is 0. The maximum atomic E-state index is 12.2. The van der Waals surface area contributed by atoms with Crippen molar-refractivity contribution in [3.8, 4) is 12.3 Å². The minimum Gasteiger partial charge on any atom is -0.756 e. The number of carbonyl (C=O) groups is 2. The van der Waals surface area contributed by atoms with Crippen LogP contribution in [0.25, 0.3) is 0 Å². The van der Waals surface area contributed by atoms with Gasteiger partial charge in [-0.1, -0.05) is 110 Å². The molecule has 0 saturated heterocycles. The van der Waals surface area contributed by atoms with Crippen LogP contribution in [-0.2, 0) is 28.2 Å². The van der Waals surface area contributed by atoms with Gasteiger partial charge in [-0.2, -0.15) is 0 Å². The fraction of sp³-hybridized carbons (Fsp3) is 0.867. The molecule has 0 aromatic rings. The second-order valence-corrected chi connectivity index (χ2v) is 11.6. The van der Waals surface area contributed by atoms with Gasteiger partial charge >= 0.3 is 11.9 Å². The Hall–Kier alpha value is -1.39. The molecule has 39 heavy (non-hydrogen) atoms. The number of esters is 2. The molecule has 0 aliphatic rings. The molecule has 8 nitrogen and oxygen atoms in total. The Morgan fingerprint density at radius 3 is 1.64 bits per heavy atom. The fourth-order valence-corrected chi connectivity index (χ4v) is 4.64. The number of phosphoric acid groups is 1. The van der Waals surface area contributed by atoms with E-state index in [1.807, 2.05) is 0 Å². The van der Waals surface area contributed by atoms with E-state index in [-0.39, 0.29) is 19.4 Å². The molecular formula is C30H54O8P-. The van der Waals surface area contributed by atoms with Gasteiger partial charge in [0.05, 0.1) is 6.61 Å². The molecule has 0 aliphatic heterocycles. The van der Waals surface area contributed by atoms with Crippen LogP contribution in [-0.4, -0.2) is 36.1 Å². The summed E-state index contributed by atoms with van der Waals surface area (Å²) in [5, 5.41) is 0. The molecule has 0 saturated carbocycles. The molecule has 228 valence electrons. The molecule has 0 rings (SSSR count). The van der Waals surface area contributed by atoms with E-state index < -0.39 is 32.5 Å². The standard InChI is InChI=1S/C30H55O8P/c1-3-5-7-9-11-13-14-15-16-17-19-20-22-24-29(31)36-26-28(27-37-39(33,34)35)38-30(32)25-23-21-18-12-10-8-6-4-2/h2,28H,3,5-27H2,1H3,(H2,33,34,35)/p-1/t28-/m1/s1. The van der Waals surface area contributed by atoms with Crippen LogP contribution in [0.5, 0.6) is 0 Å². The van der Waals surface area contributed by atoms with Crippen LogP contribution < -0.4 is 4.89 Å². The average Bonchev–Trinajstić information content (AvgIpc) is 2.89. The second-order valence-electron chi connectivity index (χ2n) is 10.4. The van der Waals surface area contributed by atoms with Gasteiger partial charge in [0.2, 0.25) is 0 Å². The summed E-state index contributed by atoms with van der Waals surface area (Å²) < 4.78 is 25.7. The van der Waals surface area contributed by atoms with Gasteiger partial charge in [-0.05, 0) is 19.3 Å². The van der Waals surface area contributed by atoms with Gasteiger partial charge in [-0.3, -0.25) is 14.2 Å². The lowest BCUT2D eigenvalue weighted by Gasteiger charge is -2.21. The van der Waals surface area contributed by atoms with Crippen molar-refractivity contribution in [1.82, 2.24) is 0 Å². The Bertz CT molecular complexity index is 685. The summed E-state index contributed by atoms with van der Waals surface area (Å²) in [4.78, 5) is 44.1. The Kier molecular flexibility index (Phi) is 25.9. The van der Waals surface area contributed by atoms with Gasteiger partial charge in [-0.15, -0.1) is 12.3 Å². The zero-order valence-electron chi connectivity index (χ0n) is 24.4. The van der Waals surface area contributed by atoms with Crippen molar-refractivity contribution in [2.75, 3.05) is 13.2 Å². The quantitative estimate of drug-likeness (QED) is 0.0453. The molecule has 1 N–H and O–H groups in total. The summed E-state index contributed by atoms with van der Waals surface area (Å²) in [7, 11) is -4.99. The van der Waals surface area contributed by atoms with Crippen molar-refractivity contribution in [3.05, 3.63) is 0 Å².